The van der Waals surface area contributed by atoms with E-state index in [0.29, 0.717) is 5.16 Å². The summed E-state index contributed by atoms with van der Waals surface area (Å²) in [5.74, 6) is 6.24. The molecule has 0 aliphatic rings. The Kier molecular flexibility index (Phi) is 5.06. The molecular weight excluding hydrogens is 294 g/mol. The quantitative estimate of drug-likeness (QED) is 0.668. The number of aromatic amines is 1. The van der Waals surface area contributed by atoms with E-state index in [1.165, 1.54) is 11.8 Å². The van der Waals surface area contributed by atoms with Crippen LogP contribution in [0.15, 0.2) is 22.1 Å². The molecule has 0 aliphatic carbocycles. The SMILES string of the molecule is CC(C)n1c(SCc2ccc(C#CCO)s2)n[nH]c1=O. The molecule has 2 heterocycles. The first-order chi connectivity index (χ1) is 9.61. The molecule has 2 N–H and O–H groups in total. The average Bonchev–Trinajstić information content (AvgIpc) is 3.00. The second-order valence-corrected chi connectivity index (χ2v) is 6.40. The van der Waals surface area contributed by atoms with Gasteiger partial charge in [-0.15, -0.1) is 16.4 Å². The molecule has 0 fully saturated rings. The minimum Gasteiger partial charge on any atom is -0.384 e. The molecular formula is C13H15N3O2S2. The maximum Gasteiger partial charge on any atom is 0.344 e. The third-order valence-electron chi connectivity index (χ3n) is 2.48. The molecule has 0 spiro atoms. The molecule has 7 heteroatoms. The Hall–Kier alpha value is -1.49. The number of rotatable bonds is 4. The van der Waals surface area contributed by atoms with Gasteiger partial charge in [-0.3, -0.25) is 4.57 Å². The Morgan fingerprint density at radius 1 is 1.55 bits per heavy atom. The number of thioether (sulfide) groups is 1. The number of nitrogens with zero attached hydrogens (tertiary/aromatic N) is 2. The largest absolute Gasteiger partial charge is 0.384 e. The molecule has 0 saturated heterocycles. The fourth-order valence-electron chi connectivity index (χ4n) is 1.63. The summed E-state index contributed by atoms with van der Waals surface area (Å²) in [6.07, 6.45) is 0. The van der Waals surface area contributed by atoms with E-state index >= 15 is 0 Å². The number of aliphatic hydroxyl groups excluding tert-OH is 1. The molecule has 0 unspecified atom stereocenters. The Bertz CT molecular complexity index is 688. The van der Waals surface area contributed by atoms with Crippen LogP contribution in [0, 0.1) is 11.8 Å². The molecule has 2 aromatic rings. The minimum atomic E-state index is -0.178. The van der Waals surface area contributed by atoms with Crippen LogP contribution < -0.4 is 5.69 Å². The number of hydrogen-bond acceptors (Lipinski definition) is 5. The number of aromatic nitrogens is 3. The molecule has 2 rings (SSSR count). The number of nitrogens with one attached hydrogen (secondary N) is 1. The summed E-state index contributed by atoms with van der Waals surface area (Å²) in [4.78, 5) is 13.7. The fourth-order valence-corrected chi connectivity index (χ4v) is 3.63. The highest BCUT2D eigenvalue weighted by Gasteiger charge is 2.12. The highest BCUT2D eigenvalue weighted by Crippen LogP contribution is 2.25. The first kappa shape index (κ1) is 14.9. The van der Waals surface area contributed by atoms with Crippen molar-refractivity contribution in [2.75, 3.05) is 6.61 Å². The van der Waals surface area contributed by atoms with Gasteiger partial charge in [-0.05, 0) is 26.0 Å². The summed E-state index contributed by atoms with van der Waals surface area (Å²) in [6, 6.07) is 4.02. The van der Waals surface area contributed by atoms with Crippen LogP contribution in [-0.2, 0) is 5.75 Å². The van der Waals surface area contributed by atoms with Crippen molar-refractivity contribution in [2.24, 2.45) is 0 Å². The number of hydrogen-bond donors (Lipinski definition) is 2. The van der Waals surface area contributed by atoms with Crippen molar-refractivity contribution in [3.05, 3.63) is 32.4 Å². The van der Waals surface area contributed by atoms with Crippen molar-refractivity contribution in [1.29, 1.82) is 0 Å². The van der Waals surface area contributed by atoms with Gasteiger partial charge >= 0.3 is 5.69 Å². The van der Waals surface area contributed by atoms with E-state index in [-0.39, 0.29) is 18.3 Å². The Balaban J connectivity index is 2.06. The van der Waals surface area contributed by atoms with Crippen molar-refractivity contribution in [1.82, 2.24) is 14.8 Å². The third-order valence-corrected chi connectivity index (χ3v) is 4.67. The Labute approximate surface area is 125 Å². The lowest BCUT2D eigenvalue weighted by Crippen LogP contribution is -2.19. The van der Waals surface area contributed by atoms with Crippen molar-refractivity contribution >= 4 is 23.1 Å². The highest BCUT2D eigenvalue weighted by molar-refractivity contribution is 7.98. The topological polar surface area (TPSA) is 70.9 Å². The normalized spacial score (nSPS) is 10.6. The van der Waals surface area contributed by atoms with Crippen LogP contribution in [0.5, 0.6) is 0 Å². The van der Waals surface area contributed by atoms with Crippen molar-refractivity contribution < 1.29 is 5.11 Å². The number of thiophene rings is 1. The van der Waals surface area contributed by atoms with Gasteiger partial charge in [0.2, 0.25) is 0 Å². The van der Waals surface area contributed by atoms with E-state index in [9.17, 15) is 4.79 Å². The van der Waals surface area contributed by atoms with Crippen LogP contribution in [-0.4, -0.2) is 26.5 Å². The summed E-state index contributed by atoms with van der Waals surface area (Å²) in [5, 5.41) is 15.9. The van der Waals surface area contributed by atoms with E-state index in [1.807, 2.05) is 26.0 Å². The van der Waals surface area contributed by atoms with E-state index < -0.39 is 0 Å². The zero-order valence-corrected chi connectivity index (χ0v) is 12.8. The van der Waals surface area contributed by atoms with Gasteiger partial charge in [0.25, 0.3) is 0 Å². The minimum absolute atomic E-state index is 0.0815. The average molecular weight is 309 g/mol. The van der Waals surface area contributed by atoms with Gasteiger partial charge in [-0.25, -0.2) is 9.89 Å². The van der Waals surface area contributed by atoms with Gasteiger partial charge in [-0.2, -0.15) is 0 Å². The maximum absolute atomic E-state index is 11.6. The molecule has 0 aromatic carbocycles. The molecule has 106 valence electrons. The van der Waals surface area contributed by atoms with Gasteiger partial charge in [0, 0.05) is 16.7 Å². The lowest BCUT2D eigenvalue weighted by molar-refractivity contribution is 0.350. The lowest BCUT2D eigenvalue weighted by atomic mass is 10.4. The summed E-state index contributed by atoms with van der Waals surface area (Å²) < 4.78 is 1.64. The highest BCUT2D eigenvalue weighted by atomic mass is 32.2. The molecule has 20 heavy (non-hydrogen) atoms. The summed E-state index contributed by atoms with van der Waals surface area (Å²) in [6.45, 7) is 3.78. The third kappa shape index (κ3) is 3.54. The van der Waals surface area contributed by atoms with Gasteiger partial charge in [-0.1, -0.05) is 23.6 Å². The second kappa shape index (κ2) is 6.79. The van der Waals surface area contributed by atoms with Crippen LogP contribution in [0.25, 0.3) is 0 Å². The van der Waals surface area contributed by atoms with Crippen molar-refractivity contribution in [3.63, 3.8) is 0 Å². The predicted octanol–water partition coefficient (Wildman–Crippen LogP) is 1.85. The van der Waals surface area contributed by atoms with E-state index in [4.69, 9.17) is 5.11 Å². The zero-order chi connectivity index (χ0) is 14.5. The van der Waals surface area contributed by atoms with Gasteiger partial charge in [0.1, 0.15) is 6.61 Å². The Morgan fingerprint density at radius 3 is 3.05 bits per heavy atom. The number of H-pyrrole nitrogens is 1. The Morgan fingerprint density at radius 2 is 2.35 bits per heavy atom. The predicted molar refractivity (Wildman–Crippen MR) is 81.1 cm³/mol. The standard InChI is InChI=1S/C13H15N3O2S2/c1-9(2)16-12(18)14-15-13(16)19-8-11-6-5-10(20-11)4-3-7-17/h5-6,9,17H,7-8H2,1-2H3,(H,14,18). The van der Waals surface area contributed by atoms with Crippen LogP contribution in [0.2, 0.25) is 0 Å². The van der Waals surface area contributed by atoms with Gasteiger partial charge < -0.3 is 5.11 Å². The molecule has 0 radical (unpaired) electrons. The van der Waals surface area contributed by atoms with Crippen LogP contribution in [0.1, 0.15) is 29.6 Å². The van der Waals surface area contributed by atoms with Gasteiger partial charge in [0.15, 0.2) is 5.16 Å². The smallest absolute Gasteiger partial charge is 0.344 e. The summed E-state index contributed by atoms with van der Waals surface area (Å²) >= 11 is 3.10. The molecule has 0 aliphatic heterocycles. The first-order valence-electron chi connectivity index (χ1n) is 6.10. The summed E-state index contributed by atoms with van der Waals surface area (Å²) in [5.41, 5.74) is -0.178. The zero-order valence-electron chi connectivity index (χ0n) is 11.2. The van der Waals surface area contributed by atoms with E-state index in [0.717, 1.165) is 15.5 Å². The van der Waals surface area contributed by atoms with Gasteiger partial charge in [0.05, 0.1) is 4.88 Å². The van der Waals surface area contributed by atoms with Crippen molar-refractivity contribution in [3.8, 4) is 11.8 Å². The second-order valence-electron chi connectivity index (χ2n) is 4.29. The molecule has 0 amide bonds. The molecule has 0 atom stereocenters. The lowest BCUT2D eigenvalue weighted by Gasteiger charge is -2.07. The van der Waals surface area contributed by atoms with E-state index in [2.05, 4.69) is 22.0 Å². The molecule has 2 aromatic heterocycles. The number of aliphatic hydroxyl groups is 1. The molecule has 0 saturated carbocycles. The monoisotopic (exact) mass is 309 g/mol. The first-order valence-corrected chi connectivity index (χ1v) is 7.90. The maximum atomic E-state index is 11.6. The molecule has 5 nitrogen and oxygen atoms in total. The van der Waals surface area contributed by atoms with Crippen LogP contribution >= 0.6 is 23.1 Å². The van der Waals surface area contributed by atoms with Crippen molar-refractivity contribution in [2.45, 2.75) is 30.8 Å². The molecule has 0 bridgehead atoms. The summed E-state index contributed by atoms with van der Waals surface area (Å²) in [7, 11) is 0. The fraction of sp³-hybridized carbons (Fsp3) is 0.385. The van der Waals surface area contributed by atoms with Crippen LogP contribution in [0.3, 0.4) is 0 Å². The van der Waals surface area contributed by atoms with E-state index in [1.54, 1.807) is 15.9 Å². The van der Waals surface area contributed by atoms with Crippen LogP contribution in [0.4, 0.5) is 0 Å².